The Balaban J connectivity index is 2.41. The second-order valence-corrected chi connectivity index (χ2v) is 5.95. The van der Waals surface area contributed by atoms with Gasteiger partial charge in [-0.3, -0.25) is 4.79 Å². The number of nitrogens with one attached hydrogen (secondary N) is 1. The van der Waals surface area contributed by atoms with Crippen LogP contribution < -0.4 is 5.32 Å². The molecule has 5 nitrogen and oxygen atoms in total. The molecular formula is C7H11NO4S. The Labute approximate surface area is 76.0 Å². The van der Waals surface area contributed by atoms with Gasteiger partial charge in [0.15, 0.2) is 9.84 Å². The van der Waals surface area contributed by atoms with E-state index in [0.29, 0.717) is 6.54 Å². The van der Waals surface area contributed by atoms with E-state index >= 15 is 0 Å². The molecule has 2 heterocycles. The zero-order valence-electron chi connectivity index (χ0n) is 6.99. The van der Waals surface area contributed by atoms with Gasteiger partial charge in [0.25, 0.3) is 0 Å². The van der Waals surface area contributed by atoms with Crippen LogP contribution in [-0.4, -0.2) is 44.1 Å². The van der Waals surface area contributed by atoms with E-state index in [0.717, 1.165) is 0 Å². The highest BCUT2D eigenvalue weighted by Crippen LogP contribution is 2.40. The third kappa shape index (κ3) is 1.16. The number of aliphatic carboxylic acids is 1. The predicted molar refractivity (Wildman–Crippen MR) is 45.1 cm³/mol. The summed E-state index contributed by atoms with van der Waals surface area (Å²) in [6, 6.07) is 0. The van der Waals surface area contributed by atoms with Crippen LogP contribution in [-0.2, 0) is 14.6 Å². The molecule has 2 atom stereocenters. The van der Waals surface area contributed by atoms with Crippen LogP contribution in [0.2, 0.25) is 0 Å². The SMILES string of the molecule is O=C(O)[C@]12CNC[C@@H]1CS(=O)(=O)C2. The first-order chi connectivity index (χ1) is 5.96. The molecule has 0 saturated carbocycles. The average molecular weight is 205 g/mol. The van der Waals surface area contributed by atoms with Crippen molar-refractivity contribution < 1.29 is 18.3 Å². The van der Waals surface area contributed by atoms with E-state index < -0.39 is 21.2 Å². The molecule has 0 bridgehead atoms. The van der Waals surface area contributed by atoms with Crippen LogP contribution in [0, 0.1) is 11.3 Å². The van der Waals surface area contributed by atoms with E-state index in [-0.39, 0.29) is 24.0 Å². The van der Waals surface area contributed by atoms with Gasteiger partial charge in [-0.05, 0) is 0 Å². The minimum atomic E-state index is -3.13. The molecule has 0 aromatic carbocycles. The fourth-order valence-corrected chi connectivity index (χ4v) is 4.68. The molecule has 13 heavy (non-hydrogen) atoms. The smallest absolute Gasteiger partial charge is 0.312 e. The molecule has 2 fully saturated rings. The summed E-state index contributed by atoms with van der Waals surface area (Å²) in [5.41, 5.74) is -1.04. The fraction of sp³-hybridized carbons (Fsp3) is 0.857. The molecule has 74 valence electrons. The first-order valence-corrected chi connectivity index (χ1v) is 5.93. The minimum Gasteiger partial charge on any atom is -0.481 e. The molecule has 0 amide bonds. The van der Waals surface area contributed by atoms with Crippen LogP contribution in [0.15, 0.2) is 0 Å². The highest BCUT2D eigenvalue weighted by Gasteiger charge is 2.58. The van der Waals surface area contributed by atoms with Crippen molar-refractivity contribution in [3.05, 3.63) is 0 Å². The van der Waals surface area contributed by atoms with Crippen LogP contribution in [0.25, 0.3) is 0 Å². The van der Waals surface area contributed by atoms with E-state index in [4.69, 9.17) is 5.11 Å². The zero-order valence-corrected chi connectivity index (χ0v) is 7.80. The third-order valence-corrected chi connectivity index (χ3v) is 4.84. The van der Waals surface area contributed by atoms with Crippen LogP contribution in [0.4, 0.5) is 0 Å². The summed E-state index contributed by atoms with van der Waals surface area (Å²) in [5, 5.41) is 11.9. The normalized spacial score (nSPS) is 41.7. The van der Waals surface area contributed by atoms with Gasteiger partial charge in [0.05, 0.1) is 16.9 Å². The number of sulfone groups is 1. The Hall–Kier alpha value is -0.620. The van der Waals surface area contributed by atoms with Gasteiger partial charge < -0.3 is 10.4 Å². The minimum absolute atomic E-state index is 0.0201. The van der Waals surface area contributed by atoms with Crippen molar-refractivity contribution in [3.8, 4) is 0 Å². The first-order valence-electron chi connectivity index (χ1n) is 4.11. The molecule has 0 aromatic heterocycles. The maximum Gasteiger partial charge on any atom is 0.312 e. The van der Waals surface area contributed by atoms with E-state index in [1.165, 1.54) is 0 Å². The molecule has 0 spiro atoms. The maximum atomic E-state index is 11.3. The topological polar surface area (TPSA) is 83.5 Å². The van der Waals surface area contributed by atoms with Gasteiger partial charge in [-0.1, -0.05) is 0 Å². The Morgan fingerprint density at radius 3 is 2.77 bits per heavy atom. The Morgan fingerprint density at radius 2 is 2.23 bits per heavy atom. The first kappa shape index (κ1) is 8.96. The van der Waals surface area contributed by atoms with Gasteiger partial charge in [-0.15, -0.1) is 0 Å². The van der Waals surface area contributed by atoms with Gasteiger partial charge in [-0.25, -0.2) is 8.42 Å². The van der Waals surface area contributed by atoms with Gasteiger partial charge in [-0.2, -0.15) is 0 Å². The number of hydrogen-bond acceptors (Lipinski definition) is 4. The number of carboxylic acids is 1. The fourth-order valence-electron chi connectivity index (χ4n) is 2.27. The monoisotopic (exact) mass is 205 g/mol. The number of carboxylic acid groups (broad SMARTS) is 1. The summed E-state index contributed by atoms with van der Waals surface area (Å²) in [6.07, 6.45) is 0. The average Bonchev–Trinajstić information content (AvgIpc) is 2.40. The number of rotatable bonds is 1. The second kappa shape index (κ2) is 2.45. The Kier molecular flexibility index (Phi) is 1.69. The van der Waals surface area contributed by atoms with Crippen LogP contribution >= 0.6 is 0 Å². The van der Waals surface area contributed by atoms with Crippen molar-refractivity contribution in [2.75, 3.05) is 24.6 Å². The molecule has 2 rings (SSSR count). The largest absolute Gasteiger partial charge is 0.481 e. The van der Waals surface area contributed by atoms with E-state index in [1.807, 2.05) is 0 Å². The van der Waals surface area contributed by atoms with Crippen molar-refractivity contribution in [1.82, 2.24) is 5.32 Å². The lowest BCUT2D eigenvalue weighted by atomic mass is 9.81. The highest BCUT2D eigenvalue weighted by atomic mass is 32.2. The molecule has 2 saturated heterocycles. The lowest BCUT2D eigenvalue weighted by Crippen LogP contribution is -2.38. The zero-order chi connectivity index (χ0) is 9.69. The van der Waals surface area contributed by atoms with Crippen molar-refractivity contribution in [1.29, 1.82) is 0 Å². The lowest BCUT2D eigenvalue weighted by Gasteiger charge is -2.19. The van der Waals surface area contributed by atoms with Crippen molar-refractivity contribution in [2.24, 2.45) is 11.3 Å². The molecule has 2 N–H and O–H groups in total. The predicted octanol–water partition coefficient (Wildman–Crippen LogP) is -1.29. The summed E-state index contributed by atoms with van der Waals surface area (Å²) in [6.45, 7) is 0.789. The molecule has 0 radical (unpaired) electrons. The maximum absolute atomic E-state index is 11.3. The molecule has 6 heteroatoms. The quantitative estimate of drug-likeness (QED) is 0.556. The molecular weight excluding hydrogens is 194 g/mol. The molecule has 2 aliphatic rings. The van der Waals surface area contributed by atoms with Gasteiger partial charge in [0, 0.05) is 19.0 Å². The summed E-state index contributed by atoms with van der Waals surface area (Å²) in [7, 11) is -3.13. The molecule has 2 aliphatic heterocycles. The number of fused-ring (bicyclic) bond motifs is 1. The molecule has 0 aromatic rings. The Morgan fingerprint density at radius 1 is 1.54 bits per heavy atom. The Bertz CT molecular complexity index is 350. The standard InChI is InChI=1S/C7H11NO4S/c9-6(10)7-3-8-1-5(7)2-13(11,12)4-7/h5,8H,1-4H2,(H,9,10)/t5-,7+/m1/s1. The summed E-state index contributed by atoms with van der Waals surface area (Å²) >= 11 is 0. The van der Waals surface area contributed by atoms with Crippen LogP contribution in [0.5, 0.6) is 0 Å². The molecule has 0 unspecified atom stereocenters. The van der Waals surface area contributed by atoms with Gasteiger partial charge in [0.2, 0.25) is 0 Å². The van der Waals surface area contributed by atoms with Crippen LogP contribution in [0.1, 0.15) is 0 Å². The van der Waals surface area contributed by atoms with E-state index in [1.54, 1.807) is 0 Å². The van der Waals surface area contributed by atoms with Crippen molar-refractivity contribution in [2.45, 2.75) is 0 Å². The second-order valence-electron chi connectivity index (χ2n) is 3.84. The van der Waals surface area contributed by atoms with E-state index in [9.17, 15) is 13.2 Å². The van der Waals surface area contributed by atoms with Crippen molar-refractivity contribution in [3.63, 3.8) is 0 Å². The van der Waals surface area contributed by atoms with Crippen LogP contribution in [0.3, 0.4) is 0 Å². The highest BCUT2D eigenvalue weighted by molar-refractivity contribution is 7.91. The summed E-state index contributed by atoms with van der Waals surface area (Å²) in [4.78, 5) is 11.0. The third-order valence-electron chi connectivity index (χ3n) is 2.97. The van der Waals surface area contributed by atoms with Gasteiger partial charge >= 0.3 is 5.97 Å². The summed E-state index contributed by atoms with van der Waals surface area (Å²) < 4.78 is 22.5. The molecule has 0 aliphatic carbocycles. The lowest BCUT2D eigenvalue weighted by molar-refractivity contribution is -0.147. The van der Waals surface area contributed by atoms with Gasteiger partial charge in [0.1, 0.15) is 0 Å². The number of carbonyl (C=O) groups is 1. The number of hydrogen-bond donors (Lipinski definition) is 2. The summed E-state index contributed by atoms with van der Waals surface area (Å²) in [5.74, 6) is -1.40. The van der Waals surface area contributed by atoms with Crippen molar-refractivity contribution >= 4 is 15.8 Å². The van der Waals surface area contributed by atoms with E-state index in [2.05, 4.69) is 5.32 Å².